The lowest BCUT2D eigenvalue weighted by Crippen LogP contribution is -2.47. The van der Waals surface area contributed by atoms with Gasteiger partial charge in [0.2, 0.25) is 5.91 Å². The smallest absolute Gasteiger partial charge is 0.317 e. The van der Waals surface area contributed by atoms with Gasteiger partial charge in [0.25, 0.3) is 0 Å². The molecule has 0 saturated carbocycles. The maximum Gasteiger partial charge on any atom is 0.317 e. The summed E-state index contributed by atoms with van der Waals surface area (Å²) in [7, 11) is 0. The number of aliphatic carboxylic acids is 1. The predicted molar refractivity (Wildman–Crippen MR) is 92.0 cm³/mol. The number of hydrogen-bond donors (Lipinski definition) is 2. The zero-order valence-corrected chi connectivity index (χ0v) is 15.0. The summed E-state index contributed by atoms with van der Waals surface area (Å²) >= 11 is 12.0. The van der Waals surface area contributed by atoms with Crippen LogP contribution in [0.25, 0.3) is 0 Å². The molecule has 128 valence electrons. The van der Waals surface area contributed by atoms with E-state index in [0.29, 0.717) is 16.6 Å². The van der Waals surface area contributed by atoms with E-state index in [4.69, 9.17) is 28.3 Å². The third-order valence-corrected chi connectivity index (χ3v) is 4.13. The number of carbonyl (C=O) groups excluding carboxylic acids is 1. The van der Waals surface area contributed by atoms with Crippen molar-refractivity contribution in [3.8, 4) is 0 Å². The lowest BCUT2D eigenvalue weighted by molar-refractivity contribution is -0.139. The first-order chi connectivity index (χ1) is 10.8. The fourth-order valence-corrected chi connectivity index (χ4v) is 2.87. The second kappa shape index (κ2) is 9.11. The Morgan fingerprint density at radius 2 is 1.96 bits per heavy atom. The molecule has 0 saturated heterocycles. The highest BCUT2D eigenvalue weighted by Crippen LogP contribution is 2.26. The summed E-state index contributed by atoms with van der Waals surface area (Å²) in [4.78, 5) is 24.9. The van der Waals surface area contributed by atoms with Crippen molar-refractivity contribution >= 4 is 35.1 Å². The van der Waals surface area contributed by atoms with E-state index in [9.17, 15) is 9.59 Å². The molecule has 0 bridgehead atoms. The molecule has 0 aliphatic heterocycles. The topological polar surface area (TPSA) is 69.6 Å². The van der Waals surface area contributed by atoms with Crippen molar-refractivity contribution in [2.24, 2.45) is 0 Å². The van der Waals surface area contributed by atoms with Crippen LogP contribution in [0.1, 0.15) is 38.8 Å². The molecule has 2 unspecified atom stereocenters. The molecule has 0 aromatic heterocycles. The van der Waals surface area contributed by atoms with Crippen molar-refractivity contribution in [3.63, 3.8) is 0 Å². The van der Waals surface area contributed by atoms with E-state index in [2.05, 4.69) is 5.32 Å². The Morgan fingerprint density at radius 3 is 2.48 bits per heavy atom. The molecule has 2 N–H and O–H groups in total. The quantitative estimate of drug-likeness (QED) is 0.745. The van der Waals surface area contributed by atoms with Crippen LogP contribution >= 0.6 is 23.2 Å². The molecule has 0 radical (unpaired) electrons. The first kappa shape index (κ1) is 19.7. The molecule has 0 aliphatic rings. The van der Waals surface area contributed by atoms with Gasteiger partial charge in [0, 0.05) is 10.0 Å². The van der Waals surface area contributed by atoms with Crippen molar-refractivity contribution in [1.29, 1.82) is 0 Å². The zero-order chi connectivity index (χ0) is 17.6. The summed E-state index contributed by atoms with van der Waals surface area (Å²) in [6, 6.07) is 4.25. The zero-order valence-electron chi connectivity index (χ0n) is 13.5. The van der Waals surface area contributed by atoms with Crippen LogP contribution < -0.4 is 5.32 Å². The van der Waals surface area contributed by atoms with Gasteiger partial charge in [-0.1, -0.05) is 36.2 Å². The van der Waals surface area contributed by atoms with Gasteiger partial charge in [0.1, 0.15) is 0 Å². The Kier molecular flexibility index (Phi) is 7.82. The van der Waals surface area contributed by atoms with E-state index in [1.54, 1.807) is 30.0 Å². The standard InChI is InChI=1S/C16H22Cl2N2O3/c1-4-7-20(9-15(21)22)11(3)16(23)19-10(2)13-6-5-12(17)8-14(13)18/h5-6,8,10-11H,4,7,9H2,1-3H3,(H,19,23)(H,21,22). The number of carboxylic acids is 1. The van der Waals surface area contributed by atoms with Gasteiger partial charge in [0.15, 0.2) is 0 Å². The summed E-state index contributed by atoms with van der Waals surface area (Å²) in [6.45, 7) is 5.83. The molecule has 5 nitrogen and oxygen atoms in total. The molecule has 1 aromatic carbocycles. The summed E-state index contributed by atoms with van der Waals surface area (Å²) < 4.78 is 0. The number of carbonyl (C=O) groups is 2. The van der Waals surface area contributed by atoms with Crippen LogP contribution in [0, 0.1) is 0 Å². The second-order valence-electron chi connectivity index (χ2n) is 5.44. The Bertz CT molecular complexity index is 566. The Morgan fingerprint density at radius 1 is 1.30 bits per heavy atom. The molecule has 0 fully saturated rings. The van der Waals surface area contributed by atoms with Crippen LogP contribution in [0.4, 0.5) is 0 Å². The predicted octanol–water partition coefficient (Wildman–Crippen LogP) is 3.36. The lowest BCUT2D eigenvalue weighted by Gasteiger charge is -2.27. The van der Waals surface area contributed by atoms with E-state index >= 15 is 0 Å². The third-order valence-electron chi connectivity index (χ3n) is 3.56. The number of benzene rings is 1. The monoisotopic (exact) mass is 360 g/mol. The molecule has 0 aliphatic carbocycles. The van der Waals surface area contributed by atoms with Crippen LogP contribution in [0.2, 0.25) is 10.0 Å². The van der Waals surface area contributed by atoms with E-state index in [1.807, 2.05) is 13.8 Å². The lowest BCUT2D eigenvalue weighted by atomic mass is 10.1. The normalized spacial score (nSPS) is 13.7. The van der Waals surface area contributed by atoms with Gasteiger partial charge in [0.05, 0.1) is 18.6 Å². The number of halogens is 2. The second-order valence-corrected chi connectivity index (χ2v) is 6.28. The largest absolute Gasteiger partial charge is 0.480 e. The van der Waals surface area contributed by atoms with Crippen LogP contribution in [-0.4, -0.2) is 41.0 Å². The number of hydrogen-bond acceptors (Lipinski definition) is 3. The fourth-order valence-electron chi connectivity index (χ4n) is 2.30. The van der Waals surface area contributed by atoms with E-state index < -0.39 is 12.0 Å². The SMILES string of the molecule is CCCN(CC(=O)O)C(C)C(=O)NC(C)c1ccc(Cl)cc1Cl. The molecular weight excluding hydrogens is 339 g/mol. The summed E-state index contributed by atoms with van der Waals surface area (Å²) in [5, 5.41) is 12.8. The fraction of sp³-hybridized carbons (Fsp3) is 0.500. The van der Waals surface area contributed by atoms with Gasteiger partial charge in [-0.3, -0.25) is 14.5 Å². The highest BCUT2D eigenvalue weighted by Gasteiger charge is 2.24. The van der Waals surface area contributed by atoms with E-state index in [0.717, 1.165) is 12.0 Å². The van der Waals surface area contributed by atoms with Gasteiger partial charge in [-0.25, -0.2) is 0 Å². The highest BCUT2D eigenvalue weighted by atomic mass is 35.5. The Hall–Kier alpha value is -1.30. The van der Waals surface area contributed by atoms with Crippen LogP contribution in [-0.2, 0) is 9.59 Å². The van der Waals surface area contributed by atoms with Crippen molar-refractivity contribution < 1.29 is 14.7 Å². The molecule has 0 heterocycles. The van der Waals surface area contributed by atoms with Crippen LogP contribution in [0.3, 0.4) is 0 Å². The molecular formula is C16H22Cl2N2O3. The van der Waals surface area contributed by atoms with Gasteiger partial charge >= 0.3 is 5.97 Å². The van der Waals surface area contributed by atoms with Crippen molar-refractivity contribution in [3.05, 3.63) is 33.8 Å². The van der Waals surface area contributed by atoms with Gasteiger partial charge in [-0.2, -0.15) is 0 Å². The van der Waals surface area contributed by atoms with Crippen molar-refractivity contribution in [1.82, 2.24) is 10.2 Å². The van der Waals surface area contributed by atoms with Crippen molar-refractivity contribution in [2.75, 3.05) is 13.1 Å². The number of rotatable bonds is 8. The maximum atomic E-state index is 12.4. The minimum Gasteiger partial charge on any atom is -0.480 e. The molecule has 7 heteroatoms. The average Bonchev–Trinajstić information content (AvgIpc) is 2.45. The van der Waals surface area contributed by atoms with Crippen LogP contribution in [0.5, 0.6) is 0 Å². The molecule has 2 atom stereocenters. The van der Waals surface area contributed by atoms with Crippen molar-refractivity contribution in [2.45, 2.75) is 39.3 Å². The minimum absolute atomic E-state index is 0.168. The maximum absolute atomic E-state index is 12.4. The minimum atomic E-state index is -0.952. The van der Waals surface area contributed by atoms with E-state index in [-0.39, 0.29) is 18.5 Å². The van der Waals surface area contributed by atoms with Gasteiger partial charge < -0.3 is 10.4 Å². The molecule has 1 rings (SSSR count). The first-order valence-electron chi connectivity index (χ1n) is 7.47. The van der Waals surface area contributed by atoms with Gasteiger partial charge in [-0.05, 0) is 44.5 Å². The molecule has 23 heavy (non-hydrogen) atoms. The average molecular weight is 361 g/mol. The number of nitrogens with zero attached hydrogens (tertiary/aromatic N) is 1. The number of carboxylic acid groups (broad SMARTS) is 1. The van der Waals surface area contributed by atoms with Gasteiger partial charge in [-0.15, -0.1) is 0 Å². The summed E-state index contributed by atoms with van der Waals surface area (Å²) in [6.07, 6.45) is 0.767. The number of nitrogens with one attached hydrogen (secondary N) is 1. The Balaban J connectivity index is 2.77. The first-order valence-corrected chi connectivity index (χ1v) is 8.23. The molecule has 0 spiro atoms. The number of amides is 1. The molecule has 1 aromatic rings. The van der Waals surface area contributed by atoms with Crippen LogP contribution in [0.15, 0.2) is 18.2 Å². The Labute approximate surface area is 146 Å². The molecule has 1 amide bonds. The summed E-state index contributed by atoms with van der Waals surface area (Å²) in [5.74, 6) is -1.19. The van der Waals surface area contributed by atoms with E-state index in [1.165, 1.54) is 0 Å². The summed E-state index contributed by atoms with van der Waals surface area (Å²) in [5.41, 5.74) is 0.761. The third kappa shape index (κ3) is 6.01. The highest BCUT2D eigenvalue weighted by molar-refractivity contribution is 6.35.